The van der Waals surface area contributed by atoms with E-state index in [0.717, 1.165) is 139 Å². The molecule has 6 aliphatic heterocycles. The third-order valence-corrected chi connectivity index (χ3v) is 34.7. The average molecular weight is 1770 g/mol. The minimum absolute atomic E-state index is 0.000408. The number of rotatable bonds is 14. The molecule has 6 heterocycles. The quantitative estimate of drug-likeness (QED) is 0.0568. The summed E-state index contributed by atoms with van der Waals surface area (Å²) in [6, 6.07) is 0. The van der Waals surface area contributed by atoms with Crippen LogP contribution in [0.3, 0.4) is 0 Å². The standard InChI is InChI=1S/C28H44O6.C25H36O6.C25H34O6.C25H36O6/c1-6-7-17-12-20-23-19(16(2)3)8-9-27(23,4)10-11-28(20,5)22(13-18(17)14-29)34-26-25(32)24(31)21(30)15-33-26;2*1-13(2)15-7-8-24(3)9-10-25(4)16(18(15)24)6-5-14(11-26)20-22(25)31-23-21(30-20)19(28)17(27)12-29-23;1-14(2)16-7-8-24(3)9-10-25(4)17(20(16)24)6-5-15(12-26)11-19(25)31-23-22(29)21(28)18(27)13-30-23/h14,16,20-22,24-26,30-32H,6-13,15H2,1-5H3;5-6,13,17,19-23,26-28H,7-12H2,1-4H3;5-6,11,13,17,19-23,27-28H,7-10,12H2,1-4H3;5-6,12,14,18-19,21-23,27-29H,7-11,13H2,1-4H3/t20?,21-,22+,24+,25-,26+,27-,28-;2*17-,19+,20-,21-,22+,23+,24-,25-;18-,19+,21+,22-,23+,24-,25-/m1111/s1. The molecule has 0 aromatic rings. The molecule has 18 rings (SSSR count). The Morgan fingerprint density at radius 3 is 1.30 bits per heavy atom. The average Bonchev–Trinajstić information content (AvgIpc) is 1.58. The number of hydrogen-bond acceptors (Lipinski definition) is 24. The lowest BCUT2D eigenvalue weighted by Gasteiger charge is -2.55. The zero-order valence-corrected chi connectivity index (χ0v) is 78.4. The van der Waals surface area contributed by atoms with Crippen LogP contribution in [-0.2, 0) is 61.8 Å². The van der Waals surface area contributed by atoms with Crippen molar-refractivity contribution in [2.24, 2.45) is 72.9 Å². The molecule has 0 bridgehead atoms. The second-order valence-corrected chi connectivity index (χ2v) is 44.1. The molecule has 12 aliphatic carbocycles. The van der Waals surface area contributed by atoms with E-state index in [9.17, 15) is 70.6 Å². The lowest BCUT2D eigenvalue weighted by molar-refractivity contribution is -0.354. The van der Waals surface area contributed by atoms with Crippen molar-refractivity contribution in [3.8, 4) is 0 Å². The molecular weight excluding hydrogens is 1620 g/mol. The van der Waals surface area contributed by atoms with Gasteiger partial charge in [0.1, 0.15) is 117 Å². The number of allylic oxidation sites excluding steroid dienone is 15. The maximum absolute atomic E-state index is 12.3. The second-order valence-electron chi connectivity index (χ2n) is 44.1. The van der Waals surface area contributed by atoms with Gasteiger partial charge in [0.15, 0.2) is 25.2 Å². The summed E-state index contributed by atoms with van der Waals surface area (Å²) in [4.78, 5) is 36.1. The van der Waals surface area contributed by atoms with E-state index in [2.05, 4.69) is 136 Å². The van der Waals surface area contributed by atoms with Crippen molar-refractivity contribution in [1.82, 2.24) is 0 Å². The maximum atomic E-state index is 12.3. The molecule has 0 amide bonds. The van der Waals surface area contributed by atoms with Crippen LogP contribution < -0.4 is 0 Å². The first-order valence-electron chi connectivity index (χ1n) is 48.1. The molecule has 0 spiro atoms. The molecule has 1 unspecified atom stereocenters. The Morgan fingerprint density at radius 2 is 0.835 bits per heavy atom. The Kier molecular flexibility index (Phi) is 28.4. The number of hydrogen-bond donors (Lipinski definition) is 11. The first-order valence-corrected chi connectivity index (χ1v) is 48.1. The monoisotopic (exact) mass is 1770 g/mol. The molecule has 11 N–H and O–H groups in total. The highest BCUT2D eigenvalue weighted by Crippen LogP contribution is 2.69. The van der Waals surface area contributed by atoms with Crippen molar-refractivity contribution in [2.45, 2.75) is 388 Å². The van der Waals surface area contributed by atoms with E-state index >= 15 is 0 Å². The predicted molar refractivity (Wildman–Crippen MR) is 475 cm³/mol. The lowest BCUT2D eigenvalue weighted by atomic mass is 9.54. The van der Waals surface area contributed by atoms with Crippen LogP contribution in [0.4, 0.5) is 0 Å². The fourth-order valence-electron chi connectivity index (χ4n) is 26.3. The smallest absolute Gasteiger partial charge is 0.187 e. The van der Waals surface area contributed by atoms with E-state index in [-0.39, 0.29) is 94.5 Å². The largest absolute Gasteiger partial charge is 0.392 e. The van der Waals surface area contributed by atoms with E-state index in [1.54, 1.807) is 16.7 Å². The molecule has 0 aromatic heterocycles. The number of aliphatic hydroxyl groups excluding tert-OH is 11. The van der Waals surface area contributed by atoms with Crippen LogP contribution in [0, 0.1) is 72.9 Å². The molecule has 0 radical (unpaired) electrons. The number of aldehydes is 3. The number of aliphatic hydroxyl groups is 11. The first-order chi connectivity index (χ1) is 60.0. The number of carbonyl (C=O) groups excluding carboxylic acids is 3. The topological polar surface area (TPSA) is 366 Å². The highest BCUT2D eigenvalue weighted by atomic mass is 16.7. The Balaban J connectivity index is 0.000000131. The van der Waals surface area contributed by atoms with Crippen molar-refractivity contribution in [1.29, 1.82) is 0 Å². The van der Waals surface area contributed by atoms with Crippen LogP contribution >= 0.6 is 0 Å². The van der Waals surface area contributed by atoms with Gasteiger partial charge >= 0.3 is 0 Å². The van der Waals surface area contributed by atoms with Gasteiger partial charge in [0, 0.05) is 40.1 Å². The Morgan fingerprint density at radius 1 is 0.417 bits per heavy atom. The molecule has 10 fully saturated rings. The Hall–Kier alpha value is -4.69. The van der Waals surface area contributed by atoms with Gasteiger partial charge in [-0.15, -0.1) is 0 Å². The van der Waals surface area contributed by atoms with Crippen molar-refractivity contribution in [3.05, 3.63) is 126 Å². The summed E-state index contributed by atoms with van der Waals surface area (Å²) < 4.78 is 61.1. The first kappa shape index (κ1) is 96.9. The lowest BCUT2D eigenvalue weighted by Crippen LogP contribution is -2.64. The molecule has 0 aromatic carbocycles. The summed E-state index contributed by atoms with van der Waals surface area (Å²) in [6.07, 6.45) is 16.2. The molecular formula is C103H150O24. The van der Waals surface area contributed by atoms with Crippen LogP contribution in [0.2, 0.25) is 0 Å². The number of ether oxygens (including phenoxy) is 10. The van der Waals surface area contributed by atoms with E-state index in [1.165, 1.54) is 63.0 Å². The summed E-state index contributed by atoms with van der Waals surface area (Å²) in [5, 5.41) is 112. The fourth-order valence-corrected chi connectivity index (χ4v) is 26.3. The molecule has 127 heavy (non-hydrogen) atoms. The molecule has 6 saturated heterocycles. The van der Waals surface area contributed by atoms with E-state index < -0.39 is 123 Å². The maximum Gasteiger partial charge on any atom is 0.187 e. The second kappa shape index (κ2) is 37.2. The van der Waals surface area contributed by atoms with Crippen molar-refractivity contribution in [3.63, 3.8) is 0 Å². The van der Waals surface area contributed by atoms with Crippen molar-refractivity contribution >= 4 is 18.9 Å². The Bertz CT molecular complexity index is 4490. The molecule has 706 valence electrons. The molecule has 24 nitrogen and oxygen atoms in total. The highest BCUT2D eigenvalue weighted by Gasteiger charge is 2.64. The summed E-state index contributed by atoms with van der Waals surface area (Å²) >= 11 is 0. The number of fused-ring (bicyclic) bond motifs is 18. The van der Waals surface area contributed by atoms with Gasteiger partial charge in [-0.3, -0.25) is 14.4 Å². The van der Waals surface area contributed by atoms with Gasteiger partial charge < -0.3 is 104 Å². The van der Waals surface area contributed by atoms with Crippen LogP contribution in [0.15, 0.2) is 126 Å². The third-order valence-electron chi connectivity index (χ3n) is 34.7. The van der Waals surface area contributed by atoms with Gasteiger partial charge in [-0.2, -0.15) is 0 Å². The molecule has 18 aliphatic rings. The number of carbonyl (C=O) groups is 3. The SMILES string of the molecule is CC(C)C1=C2C3=CC=C(C=O)C[C@H](O[C@@H]4OC[C@@H](O)[C@H](O)[C@H]4O)[C@]3(C)CC[C@@]2(C)CC1.CC(C)C1=C2C3=CC=C(C=O)[C@H]4O[C@H]5[C@@H](OC[C@@H](O)[C@@H]5O)O[C@@H]4[C@]3(C)CC[C@@]2(C)CC1.CC(C)C1=C2C3=CC=C(CO)[C@H]4O[C@H]5[C@@H](OC[C@@H](O)[C@@H]5O)O[C@@H]4[C@]3(C)CC[C@@]2(C)CC1.CCCC1=C(C=O)C[C@H](O[C@@H]2OC[C@@H](O)[C@H](O)[C@H]2O)[C@]2(C)CC[C@@]3(C)CCC(C(C)C)=C3C2C1. The van der Waals surface area contributed by atoms with E-state index in [1.807, 2.05) is 18.2 Å². The van der Waals surface area contributed by atoms with Crippen molar-refractivity contribution in [2.75, 3.05) is 33.0 Å². The van der Waals surface area contributed by atoms with E-state index in [0.29, 0.717) is 47.7 Å². The zero-order valence-electron chi connectivity index (χ0n) is 78.4. The molecule has 31 atom stereocenters. The normalized spacial score (nSPS) is 45.0. The van der Waals surface area contributed by atoms with Gasteiger partial charge in [0.2, 0.25) is 0 Å². The summed E-state index contributed by atoms with van der Waals surface area (Å²) in [5.74, 6) is 2.18. The third kappa shape index (κ3) is 17.2. The predicted octanol–water partition coefficient (Wildman–Crippen LogP) is 12.4. The van der Waals surface area contributed by atoms with Crippen LogP contribution in [-0.4, -0.2) is 243 Å². The van der Waals surface area contributed by atoms with Crippen LogP contribution in [0.1, 0.15) is 253 Å². The zero-order chi connectivity index (χ0) is 91.6. The van der Waals surface area contributed by atoms with Gasteiger partial charge in [-0.1, -0.05) is 194 Å². The van der Waals surface area contributed by atoms with E-state index in [4.69, 9.17) is 47.4 Å². The Labute approximate surface area is 752 Å². The minimum Gasteiger partial charge on any atom is -0.392 e. The fraction of sp³-hybridized carbons (Fsp3) is 0.757. The van der Waals surface area contributed by atoms with Gasteiger partial charge in [-0.25, -0.2) is 0 Å². The molecule has 24 heteroatoms. The van der Waals surface area contributed by atoms with Crippen molar-refractivity contribution < 1.29 is 118 Å². The summed E-state index contributed by atoms with van der Waals surface area (Å²) in [5.41, 5.74) is 19.2. The van der Waals surface area contributed by atoms with Gasteiger partial charge in [-0.05, 0) is 217 Å². The summed E-state index contributed by atoms with van der Waals surface area (Å²) in [6.45, 7) is 38.5. The summed E-state index contributed by atoms with van der Waals surface area (Å²) in [7, 11) is 0. The molecule has 4 saturated carbocycles. The highest BCUT2D eigenvalue weighted by molar-refractivity contribution is 5.77. The van der Waals surface area contributed by atoms with Gasteiger partial charge in [0.05, 0.1) is 45.2 Å². The van der Waals surface area contributed by atoms with Crippen LogP contribution in [0.5, 0.6) is 0 Å². The van der Waals surface area contributed by atoms with Gasteiger partial charge in [0.25, 0.3) is 0 Å². The minimum atomic E-state index is -1.35. The van der Waals surface area contributed by atoms with Crippen LogP contribution in [0.25, 0.3) is 0 Å².